The highest BCUT2D eigenvalue weighted by atomic mass is 16.3. The monoisotopic (exact) mass is 1080 g/mol. The summed E-state index contributed by atoms with van der Waals surface area (Å²) in [5.41, 5.74) is 18.5. The van der Waals surface area contributed by atoms with E-state index in [-0.39, 0.29) is 67.1 Å². The fourth-order valence-corrected chi connectivity index (χ4v) is 8.95. The van der Waals surface area contributed by atoms with Crippen molar-refractivity contribution >= 4 is 63.9 Å². The summed E-state index contributed by atoms with van der Waals surface area (Å²) in [6, 6.07) is 6.14. The summed E-state index contributed by atoms with van der Waals surface area (Å²) in [6.45, 7) is 7.32. The van der Waals surface area contributed by atoms with E-state index in [9.17, 15) is 43.5 Å². The van der Waals surface area contributed by atoms with Gasteiger partial charge >= 0.3 is 0 Å². The Balaban J connectivity index is 1.28. The fraction of sp³-hybridized carbons (Fsp3) is 0.528. The third-order valence-electron chi connectivity index (χ3n) is 13.7. The van der Waals surface area contributed by atoms with Crippen molar-refractivity contribution in [3.8, 4) is 5.75 Å². The molecule has 1 fully saturated rings. The van der Waals surface area contributed by atoms with Crippen LogP contribution in [0.2, 0.25) is 0 Å². The van der Waals surface area contributed by atoms with Crippen molar-refractivity contribution in [3.05, 3.63) is 82.9 Å². The molecule has 7 amide bonds. The highest BCUT2D eigenvalue weighted by Crippen LogP contribution is 2.22. The molecule has 3 heterocycles. The number of aromatic nitrogens is 4. The minimum absolute atomic E-state index is 0.0165. The van der Waals surface area contributed by atoms with Gasteiger partial charge in [-0.1, -0.05) is 45.7 Å². The number of benzene rings is 2. The number of phenols is 1. The largest absolute Gasteiger partial charge is 0.508 e. The Labute approximate surface area is 453 Å². The number of amides is 7. The molecule has 1 unspecified atom stereocenters. The summed E-state index contributed by atoms with van der Waals surface area (Å²) < 4.78 is 1.12. The summed E-state index contributed by atoms with van der Waals surface area (Å²) in [4.78, 5) is 129. The summed E-state index contributed by atoms with van der Waals surface area (Å²) in [5.74, 6) is -3.82. The number of anilines is 1. The van der Waals surface area contributed by atoms with Crippen molar-refractivity contribution in [2.75, 3.05) is 51.2 Å². The van der Waals surface area contributed by atoms with Crippen LogP contribution in [-0.2, 0) is 52.9 Å². The molecule has 424 valence electrons. The third kappa shape index (κ3) is 18.3. The van der Waals surface area contributed by atoms with Gasteiger partial charge in [0, 0.05) is 76.6 Å². The van der Waals surface area contributed by atoms with Crippen LogP contribution in [0.1, 0.15) is 89.8 Å². The molecule has 14 N–H and O–H groups in total. The number of carbonyl (C=O) groups is 7. The third-order valence-corrected chi connectivity index (χ3v) is 13.7. The average Bonchev–Trinajstić information content (AvgIpc) is 4.03. The second-order valence-electron chi connectivity index (χ2n) is 19.5. The van der Waals surface area contributed by atoms with E-state index >= 15 is 0 Å². The summed E-state index contributed by atoms with van der Waals surface area (Å²) in [5, 5.41) is 26.5. The summed E-state index contributed by atoms with van der Waals surface area (Å²) in [7, 11) is 1.42. The number of phenolic OH excluding ortho intramolecular Hbond substituents is 1. The van der Waals surface area contributed by atoms with Gasteiger partial charge in [0.25, 0.3) is 5.56 Å². The predicted molar refractivity (Wildman–Crippen MR) is 294 cm³/mol. The van der Waals surface area contributed by atoms with Crippen LogP contribution in [-0.4, -0.2) is 153 Å². The highest BCUT2D eigenvalue weighted by Gasteiger charge is 2.34. The molecule has 25 nitrogen and oxygen atoms in total. The van der Waals surface area contributed by atoms with Gasteiger partial charge < -0.3 is 69.0 Å². The molecular weight excluding hydrogens is 1000 g/mol. The zero-order valence-electron chi connectivity index (χ0n) is 45.1. The molecule has 1 aliphatic rings. The molecule has 1 aliphatic heterocycles. The second kappa shape index (κ2) is 30.6. The predicted octanol–water partition coefficient (Wildman–Crippen LogP) is -0.452. The number of aromatic amines is 1. The van der Waals surface area contributed by atoms with Gasteiger partial charge in [-0.15, -0.1) is 0 Å². The van der Waals surface area contributed by atoms with Gasteiger partial charge in [0.2, 0.25) is 41.4 Å². The number of nitrogens with one attached hydrogen (secondary N) is 7. The van der Waals surface area contributed by atoms with Crippen molar-refractivity contribution in [3.63, 3.8) is 0 Å². The number of aromatic hydroxyl groups is 1. The number of unbranched alkanes of at least 4 members (excludes halogenated alkanes) is 2. The van der Waals surface area contributed by atoms with Crippen LogP contribution in [0.15, 0.2) is 71.1 Å². The maximum Gasteiger partial charge on any atom is 0.261 e. The first-order chi connectivity index (χ1) is 37.4. The van der Waals surface area contributed by atoms with Crippen LogP contribution < -0.4 is 59.6 Å². The van der Waals surface area contributed by atoms with Gasteiger partial charge in [-0.3, -0.25) is 47.9 Å². The van der Waals surface area contributed by atoms with E-state index in [0.29, 0.717) is 93.7 Å². The maximum absolute atomic E-state index is 14.2. The van der Waals surface area contributed by atoms with Crippen molar-refractivity contribution in [1.82, 2.24) is 56.3 Å². The number of imidazole rings is 1. The molecule has 0 bridgehead atoms. The standard InChI is InChI=1S/C53H78N16O9/c1-5-7-13-44(71)66-46(33(3)6-2)50(76)63-41(11-8-9-20-54)52(78)68-24-22-67(23-25-68)36-16-19-39-38(28-36)51(77)69(32-61-39)30-45(72)62-40(12-10-21-59-53(55)56)48(74)65-43(27-35-29-58-31-60-35)49(75)64-42(47(73)57-4)26-34-14-17-37(70)18-15-34/h14-19,28-29,31-33,40-43,46,70H,5-13,20-27,30,54H2,1-4H3,(H,57,73)(H,58,60)(H,62,72)(H,63,76)(H,64,75)(H,65,74)(H,66,71)(H4,55,56,59)/t33-,40-,41-,42?,43-,46-/m0/s1. The SMILES string of the molecule is CCCCC(=O)N[C@H](C(=O)N[C@@H](CCCCN)C(=O)N1CCN(c2ccc3ncn(CC(=O)N[C@@H](CCCN=C(N)N)C(=O)N[C@@H](Cc4cnc[nH]4)C(=O)NC(Cc4ccc(O)cc4)C(=O)NC)c(=O)c3c2)CC1)[C@@H](C)CC. The Morgan fingerprint density at radius 1 is 0.782 bits per heavy atom. The van der Waals surface area contributed by atoms with Crippen LogP contribution in [0.4, 0.5) is 5.69 Å². The smallest absolute Gasteiger partial charge is 0.261 e. The minimum Gasteiger partial charge on any atom is -0.508 e. The van der Waals surface area contributed by atoms with Gasteiger partial charge in [0.15, 0.2) is 5.96 Å². The number of piperazine rings is 1. The first kappa shape index (κ1) is 60.8. The topological polar surface area (TPSA) is 372 Å². The van der Waals surface area contributed by atoms with Gasteiger partial charge in [0.1, 0.15) is 42.5 Å². The fourth-order valence-electron chi connectivity index (χ4n) is 8.95. The molecule has 78 heavy (non-hydrogen) atoms. The number of nitrogens with zero attached hydrogens (tertiary/aromatic N) is 6. The number of aliphatic imine (C=N–C) groups is 1. The van der Waals surface area contributed by atoms with E-state index in [0.717, 1.165) is 11.0 Å². The first-order valence-electron chi connectivity index (χ1n) is 26.7. The number of hydrogen-bond acceptors (Lipinski definition) is 14. The number of rotatable bonds is 30. The Morgan fingerprint density at radius 3 is 2.10 bits per heavy atom. The van der Waals surface area contributed by atoms with Gasteiger partial charge in [0.05, 0.1) is 23.6 Å². The van der Waals surface area contributed by atoms with E-state index in [1.54, 1.807) is 29.2 Å². The number of H-pyrrole nitrogens is 1. The zero-order chi connectivity index (χ0) is 56.7. The first-order valence-corrected chi connectivity index (χ1v) is 26.7. The maximum atomic E-state index is 14.2. The van der Waals surface area contributed by atoms with Crippen LogP contribution in [0.5, 0.6) is 5.75 Å². The Hall–Kier alpha value is -8.09. The lowest BCUT2D eigenvalue weighted by atomic mass is 9.97. The van der Waals surface area contributed by atoms with Crippen molar-refractivity contribution in [1.29, 1.82) is 0 Å². The van der Waals surface area contributed by atoms with Crippen LogP contribution >= 0.6 is 0 Å². The van der Waals surface area contributed by atoms with E-state index in [2.05, 4.69) is 51.8 Å². The molecule has 25 heteroatoms. The average molecular weight is 1080 g/mol. The number of fused-ring (bicyclic) bond motifs is 1. The Morgan fingerprint density at radius 2 is 1.46 bits per heavy atom. The van der Waals surface area contributed by atoms with Crippen LogP contribution in [0.3, 0.4) is 0 Å². The molecular formula is C53H78N16O9. The molecule has 2 aromatic carbocycles. The molecule has 4 aromatic rings. The number of hydrogen-bond donors (Lipinski definition) is 11. The molecule has 5 rings (SSSR count). The zero-order valence-corrected chi connectivity index (χ0v) is 45.1. The van der Waals surface area contributed by atoms with Crippen LogP contribution in [0.25, 0.3) is 10.9 Å². The molecule has 2 aromatic heterocycles. The minimum atomic E-state index is -1.27. The lowest BCUT2D eigenvalue weighted by molar-refractivity contribution is -0.138. The van der Waals surface area contributed by atoms with Crippen molar-refractivity contribution < 1.29 is 38.7 Å². The molecule has 6 atom stereocenters. The van der Waals surface area contributed by atoms with Crippen molar-refractivity contribution in [2.24, 2.45) is 28.1 Å². The Bertz CT molecular complexity index is 2720. The lowest BCUT2D eigenvalue weighted by Crippen LogP contribution is -2.58. The number of likely N-dealkylation sites (N-methyl/N-ethyl adjacent to an activating group) is 1. The quantitative estimate of drug-likeness (QED) is 0.0179. The number of carbonyl (C=O) groups excluding carboxylic acids is 7. The lowest BCUT2D eigenvalue weighted by Gasteiger charge is -2.38. The van der Waals surface area contributed by atoms with E-state index < -0.39 is 71.8 Å². The van der Waals surface area contributed by atoms with Crippen LogP contribution in [0, 0.1) is 5.92 Å². The number of nitrogens with two attached hydrogens (primary N) is 3. The van der Waals surface area contributed by atoms with E-state index in [1.807, 2.05) is 31.7 Å². The van der Waals surface area contributed by atoms with E-state index in [4.69, 9.17) is 17.2 Å². The molecule has 0 spiro atoms. The second-order valence-corrected chi connectivity index (χ2v) is 19.5. The number of guanidine groups is 1. The van der Waals surface area contributed by atoms with Crippen molar-refractivity contribution in [2.45, 2.75) is 128 Å². The molecule has 0 radical (unpaired) electrons. The van der Waals surface area contributed by atoms with Gasteiger partial charge in [-0.25, -0.2) is 9.97 Å². The highest BCUT2D eigenvalue weighted by molar-refractivity contribution is 5.95. The normalized spacial score (nSPS) is 14.7. The summed E-state index contributed by atoms with van der Waals surface area (Å²) in [6.07, 6.45) is 8.53. The molecule has 0 saturated carbocycles. The molecule has 0 aliphatic carbocycles. The van der Waals surface area contributed by atoms with Gasteiger partial charge in [-0.05, 0) is 86.9 Å². The van der Waals surface area contributed by atoms with E-state index in [1.165, 1.54) is 38.0 Å². The van der Waals surface area contributed by atoms with Gasteiger partial charge in [-0.2, -0.15) is 0 Å². The molecule has 1 saturated heterocycles. The summed E-state index contributed by atoms with van der Waals surface area (Å²) >= 11 is 0. The Kier molecular flexibility index (Phi) is 23.8.